The van der Waals surface area contributed by atoms with Crippen LogP contribution in [0.2, 0.25) is 0 Å². The van der Waals surface area contributed by atoms with Crippen molar-refractivity contribution in [2.24, 2.45) is 0 Å². The van der Waals surface area contributed by atoms with E-state index in [0.717, 1.165) is 0 Å². The second kappa shape index (κ2) is 15.0. The third kappa shape index (κ3) is 5.00. The number of hydrogen-bond donors (Lipinski definition) is 0. The van der Waals surface area contributed by atoms with Gasteiger partial charge in [-0.05, 0) is 123 Å². The summed E-state index contributed by atoms with van der Waals surface area (Å²) < 4.78 is 5.13. The molecule has 0 atom stereocenters. The predicted octanol–water partition coefficient (Wildman–Crippen LogP) is 20.8. The van der Waals surface area contributed by atoms with Crippen molar-refractivity contribution in [2.75, 3.05) is 0 Å². The van der Waals surface area contributed by atoms with Crippen molar-refractivity contribution in [2.45, 2.75) is 5.41 Å². The maximum atomic E-state index is 2.57. The molecule has 370 valence electrons. The Bertz CT molecular complexity index is 5560. The smallest absolute Gasteiger partial charge is 0.0731 e. The topological polar surface area (TPSA) is 8.82 Å². The fraction of sp³-hybridized carbons (Fsp3) is 0.0127. The number of fused-ring (bicyclic) bond motifs is 26. The first kappa shape index (κ1) is 42.5. The molecule has 81 heavy (non-hydrogen) atoms. The molecule has 0 saturated carbocycles. The van der Waals surface area contributed by atoms with Gasteiger partial charge in [-0.1, -0.05) is 243 Å². The fourth-order valence-electron chi connectivity index (χ4n) is 16.5. The van der Waals surface area contributed by atoms with Crippen LogP contribution in [0.1, 0.15) is 22.3 Å². The molecule has 4 aromatic heterocycles. The summed E-state index contributed by atoms with van der Waals surface area (Å²) >= 11 is 0. The molecule has 20 rings (SSSR count). The van der Waals surface area contributed by atoms with E-state index in [1.165, 1.54) is 186 Å². The molecule has 1 spiro atoms. The molecular weight excluding hydrogens is 977 g/mol. The summed E-state index contributed by atoms with van der Waals surface area (Å²) in [7, 11) is 0. The second-order valence-electron chi connectivity index (χ2n) is 22.8. The Morgan fingerprint density at radius 2 is 0.568 bits per heavy atom. The monoisotopic (exact) mass is 1020 g/mol. The number of aromatic nitrogens is 2. The van der Waals surface area contributed by atoms with Crippen molar-refractivity contribution in [3.63, 3.8) is 0 Å². The van der Waals surface area contributed by atoms with Crippen LogP contribution in [0.5, 0.6) is 0 Å². The second-order valence-corrected chi connectivity index (χ2v) is 22.8. The predicted molar refractivity (Wildman–Crippen MR) is 341 cm³/mol. The average Bonchev–Trinajstić information content (AvgIpc) is 4.57. The van der Waals surface area contributed by atoms with Crippen LogP contribution in [0.25, 0.3) is 164 Å². The minimum Gasteiger partial charge on any atom is -0.307 e. The van der Waals surface area contributed by atoms with Crippen molar-refractivity contribution in [1.82, 2.24) is 8.80 Å². The number of nitrogens with zero attached hydrogens (tertiary/aromatic N) is 2. The Hall–Kier alpha value is -10.5. The van der Waals surface area contributed by atoms with E-state index in [2.05, 4.69) is 276 Å². The summed E-state index contributed by atoms with van der Waals surface area (Å²) in [5, 5.41) is 17.7. The number of benzene rings is 14. The minimum atomic E-state index is -0.595. The first-order valence-corrected chi connectivity index (χ1v) is 28.4. The SMILES string of the molecule is c1ccc2c(c1)-c1ccccc1C21c2ccccc2-c2c1c(-c1c3cccc(-c4cccc5c6cccc7c8ccccc8n(c45)c76)c3cc3c(-c4cccc5c6cccc7c8ccccc8n(c45)c76)cccc13)cc1ccccc21. The number of hydrogen-bond acceptors (Lipinski definition) is 0. The van der Waals surface area contributed by atoms with Crippen molar-refractivity contribution in [1.29, 1.82) is 0 Å². The first-order valence-electron chi connectivity index (χ1n) is 28.4. The molecule has 2 nitrogen and oxygen atoms in total. The Kier molecular flexibility index (Phi) is 7.85. The van der Waals surface area contributed by atoms with Crippen molar-refractivity contribution < 1.29 is 0 Å². The van der Waals surface area contributed by atoms with E-state index >= 15 is 0 Å². The van der Waals surface area contributed by atoms with Crippen LogP contribution in [0.15, 0.2) is 267 Å². The van der Waals surface area contributed by atoms with Crippen molar-refractivity contribution >= 4 is 109 Å². The summed E-state index contributed by atoms with van der Waals surface area (Å²) in [4.78, 5) is 0. The summed E-state index contributed by atoms with van der Waals surface area (Å²) in [6.45, 7) is 0. The molecule has 0 unspecified atom stereocenters. The lowest BCUT2D eigenvalue weighted by Gasteiger charge is -2.33. The zero-order valence-corrected chi connectivity index (χ0v) is 43.8. The van der Waals surface area contributed by atoms with Gasteiger partial charge in [-0.3, -0.25) is 0 Å². The van der Waals surface area contributed by atoms with Gasteiger partial charge in [0.15, 0.2) is 0 Å². The molecule has 0 N–H and O–H groups in total. The Balaban J connectivity index is 0.996. The molecule has 0 amide bonds. The minimum absolute atomic E-state index is 0.595. The lowest BCUT2D eigenvalue weighted by atomic mass is 9.68. The summed E-state index contributed by atoms with van der Waals surface area (Å²) in [6, 6.07) is 102. The third-order valence-corrected chi connectivity index (χ3v) is 19.4. The van der Waals surface area contributed by atoms with Crippen LogP contribution in [-0.4, -0.2) is 8.80 Å². The van der Waals surface area contributed by atoms with Crippen LogP contribution in [-0.2, 0) is 5.41 Å². The van der Waals surface area contributed by atoms with Gasteiger partial charge >= 0.3 is 0 Å². The Morgan fingerprint density at radius 3 is 1.10 bits per heavy atom. The quantitative estimate of drug-likeness (QED) is 0.156. The van der Waals surface area contributed by atoms with E-state index in [-0.39, 0.29) is 0 Å². The Morgan fingerprint density at radius 1 is 0.210 bits per heavy atom. The van der Waals surface area contributed by atoms with Crippen LogP contribution >= 0.6 is 0 Å². The third-order valence-electron chi connectivity index (χ3n) is 19.4. The molecule has 0 saturated heterocycles. The molecule has 4 heterocycles. The zero-order valence-electron chi connectivity index (χ0n) is 43.8. The maximum absolute atomic E-state index is 2.57. The van der Waals surface area contributed by atoms with E-state index in [4.69, 9.17) is 0 Å². The van der Waals surface area contributed by atoms with Crippen molar-refractivity contribution in [3.05, 3.63) is 289 Å². The van der Waals surface area contributed by atoms with Crippen LogP contribution in [0.3, 0.4) is 0 Å². The molecular formula is C79H44N2. The highest BCUT2D eigenvalue weighted by molar-refractivity contribution is 6.29. The molecule has 0 radical (unpaired) electrons. The van der Waals surface area contributed by atoms with Crippen LogP contribution in [0.4, 0.5) is 0 Å². The van der Waals surface area contributed by atoms with E-state index in [1.807, 2.05) is 0 Å². The van der Waals surface area contributed by atoms with Gasteiger partial charge in [-0.15, -0.1) is 0 Å². The molecule has 14 aromatic carbocycles. The highest BCUT2D eigenvalue weighted by Gasteiger charge is 2.53. The maximum Gasteiger partial charge on any atom is 0.0731 e. The van der Waals surface area contributed by atoms with Gasteiger partial charge < -0.3 is 8.80 Å². The van der Waals surface area contributed by atoms with E-state index in [1.54, 1.807) is 0 Å². The Labute approximate surface area is 464 Å². The zero-order chi connectivity index (χ0) is 52.4. The van der Waals surface area contributed by atoms with Gasteiger partial charge in [0.2, 0.25) is 0 Å². The molecule has 2 heteroatoms. The average molecular weight is 1020 g/mol. The highest BCUT2D eigenvalue weighted by Crippen LogP contribution is 2.66. The van der Waals surface area contributed by atoms with Crippen LogP contribution in [0, 0.1) is 0 Å². The molecule has 18 aromatic rings. The lowest BCUT2D eigenvalue weighted by Crippen LogP contribution is -2.26. The van der Waals surface area contributed by atoms with Gasteiger partial charge in [0.05, 0.1) is 38.5 Å². The van der Waals surface area contributed by atoms with Gasteiger partial charge in [-0.2, -0.15) is 0 Å². The summed E-state index contributed by atoms with van der Waals surface area (Å²) in [6.07, 6.45) is 0. The first-order chi connectivity index (χ1) is 40.3. The highest BCUT2D eigenvalue weighted by atomic mass is 14.9. The normalized spacial score (nSPS) is 13.5. The number of para-hydroxylation sites is 6. The summed E-state index contributed by atoms with van der Waals surface area (Å²) in [5.41, 5.74) is 25.0. The van der Waals surface area contributed by atoms with E-state index < -0.39 is 5.41 Å². The standard InChI is InChI=1S/C79H44N2/c1-2-20-46-45(19-1)43-66(74-73(46)63-25-5-10-40-69(63)79(74)67-38-8-3-21-49(67)50-22-4-9-39-68(50)79)72-53-28-13-26-47(55-30-15-34-59-61-36-17-32-57-51-23-6-11-41-70(51)80(75(55)59)77(57)61)64(53)44-65-48(27-14-29-54(65)72)56-31-16-35-60-62-37-18-33-58-52-24-7-12-42-71(52)81(76(56)60)78(58)62/h1-44H. The van der Waals surface area contributed by atoms with Gasteiger partial charge in [-0.25, -0.2) is 0 Å². The fourth-order valence-corrected chi connectivity index (χ4v) is 16.5. The summed E-state index contributed by atoms with van der Waals surface area (Å²) in [5.74, 6) is 0. The lowest BCUT2D eigenvalue weighted by molar-refractivity contribution is 0.796. The van der Waals surface area contributed by atoms with Gasteiger partial charge in [0.1, 0.15) is 0 Å². The molecule has 0 fully saturated rings. The molecule has 0 bridgehead atoms. The van der Waals surface area contributed by atoms with E-state index in [0.29, 0.717) is 0 Å². The largest absolute Gasteiger partial charge is 0.307 e. The van der Waals surface area contributed by atoms with Crippen LogP contribution < -0.4 is 0 Å². The van der Waals surface area contributed by atoms with Crippen molar-refractivity contribution in [3.8, 4) is 55.6 Å². The van der Waals surface area contributed by atoms with Gasteiger partial charge in [0, 0.05) is 54.2 Å². The van der Waals surface area contributed by atoms with Gasteiger partial charge in [0.25, 0.3) is 0 Å². The molecule has 0 aliphatic heterocycles. The van der Waals surface area contributed by atoms with E-state index in [9.17, 15) is 0 Å². The number of rotatable bonds is 3. The molecule has 2 aliphatic rings. The molecule has 2 aliphatic carbocycles.